The fourth-order valence-electron chi connectivity index (χ4n) is 6.11. The Kier molecular flexibility index (Phi) is 8.80. The molecule has 0 bridgehead atoms. The largest absolute Gasteiger partial charge is 0.358 e. The van der Waals surface area contributed by atoms with Crippen LogP contribution in [0, 0.1) is 20.8 Å². The zero-order chi connectivity index (χ0) is 26.1. The van der Waals surface area contributed by atoms with Gasteiger partial charge >= 0.3 is 0 Å². The van der Waals surface area contributed by atoms with Crippen LogP contribution >= 0.6 is 7.05 Å². The summed E-state index contributed by atoms with van der Waals surface area (Å²) in [4.78, 5) is 0. The fourth-order valence-corrected chi connectivity index (χ4v) is 10.9. The van der Waals surface area contributed by atoms with E-state index in [-0.39, 0.29) is 0 Å². The summed E-state index contributed by atoms with van der Waals surface area (Å²) >= 11 is 0. The first-order valence-electron chi connectivity index (χ1n) is 13.7. The summed E-state index contributed by atoms with van der Waals surface area (Å²) in [6, 6.07) is 11.5. The zero-order valence-corrected chi connectivity index (χ0v) is 25.1. The first-order chi connectivity index (χ1) is 16.4. The number of rotatable bonds is 8. The lowest BCUT2D eigenvalue weighted by molar-refractivity contribution is 0.834. The Balaban J connectivity index is 2.30. The Hall–Kier alpha value is -1.79. The van der Waals surface area contributed by atoms with E-state index in [4.69, 9.17) is 4.74 Å². The van der Waals surface area contributed by atoms with Gasteiger partial charge in [0.1, 0.15) is 0 Å². The van der Waals surface area contributed by atoms with Crippen molar-refractivity contribution in [3.8, 4) is 0 Å². The van der Waals surface area contributed by atoms with Gasteiger partial charge in [-0.1, -0.05) is 91.3 Å². The van der Waals surface area contributed by atoms with Gasteiger partial charge in [0.05, 0.1) is 5.69 Å². The smallest absolute Gasteiger partial charge is 0.0676 e. The second-order valence-corrected chi connectivity index (χ2v) is 16.1. The van der Waals surface area contributed by atoms with Crippen molar-refractivity contribution in [1.29, 1.82) is 0 Å². The predicted octanol–water partition coefficient (Wildman–Crippen LogP) is 11.0. The van der Waals surface area contributed by atoms with Gasteiger partial charge in [0.15, 0.2) is 0 Å². The maximum Gasteiger partial charge on any atom is 0.0676 e. The van der Waals surface area contributed by atoms with Gasteiger partial charge in [-0.15, -0.1) is 0 Å². The molecule has 0 radical (unpaired) electrons. The Morgan fingerprint density at radius 3 is 1.74 bits per heavy atom. The van der Waals surface area contributed by atoms with Crippen LogP contribution in [0.25, 0.3) is 0 Å². The third-order valence-electron chi connectivity index (χ3n) is 7.75. The van der Waals surface area contributed by atoms with Crippen molar-refractivity contribution in [3.05, 3.63) is 69.2 Å². The molecular formula is C32H49N2P. The van der Waals surface area contributed by atoms with Crippen molar-refractivity contribution in [2.75, 3.05) is 5.32 Å². The normalized spacial score (nSPS) is 14.7. The molecule has 1 N–H and O–H groups in total. The minimum absolute atomic E-state index is 0.485. The third-order valence-corrected chi connectivity index (χ3v) is 12.8. The van der Waals surface area contributed by atoms with E-state index in [0.717, 1.165) is 6.42 Å². The van der Waals surface area contributed by atoms with Crippen molar-refractivity contribution in [2.45, 2.75) is 119 Å². The lowest BCUT2D eigenvalue weighted by atomic mass is 9.92. The second kappa shape index (κ2) is 11.1. The number of para-hydroxylation sites is 1. The molecule has 2 nitrogen and oxygen atoms in total. The molecule has 2 aromatic rings. The maximum atomic E-state index is 5.83. The molecule has 0 aromatic heterocycles. The van der Waals surface area contributed by atoms with Gasteiger partial charge in [-0.05, 0) is 90.8 Å². The molecule has 0 heterocycles. The van der Waals surface area contributed by atoms with Crippen LogP contribution in [0.2, 0.25) is 0 Å². The lowest BCUT2D eigenvalue weighted by Crippen LogP contribution is -2.14. The van der Waals surface area contributed by atoms with Crippen molar-refractivity contribution >= 4 is 18.4 Å². The van der Waals surface area contributed by atoms with E-state index in [0.29, 0.717) is 23.2 Å². The van der Waals surface area contributed by atoms with E-state index in [1.54, 1.807) is 5.31 Å². The molecule has 0 amide bonds. The summed E-state index contributed by atoms with van der Waals surface area (Å²) < 4.78 is 5.83. The minimum atomic E-state index is -1.81. The number of aryl methyl sites for hydroxylation is 3. The molecular weight excluding hydrogens is 443 g/mol. The average molecular weight is 493 g/mol. The topological polar surface area (TPSA) is 24.4 Å². The van der Waals surface area contributed by atoms with Crippen molar-refractivity contribution < 1.29 is 0 Å². The van der Waals surface area contributed by atoms with Gasteiger partial charge < -0.3 is 5.32 Å². The summed E-state index contributed by atoms with van der Waals surface area (Å²) in [6.07, 6.45) is 3.52. The lowest BCUT2D eigenvalue weighted by Gasteiger charge is -2.36. The molecule has 3 heteroatoms. The Morgan fingerprint density at radius 1 is 0.771 bits per heavy atom. The van der Waals surface area contributed by atoms with Crippen LogP contribution in [0.5, 0.6) is 0 Å². The Morgan fingerprint density at radius 2 is 1.29 bits per heavy atom. The van der Waals surface area contributed by atoms with E-state index in [1.165, 1.54) is 57.7 Å². The maximum absolute atomic E-state index is 5.83. The van der Waals surface area contributed by atoms with Crippen LogP contribution in [-0.4, -0.2) is 11.3 Å². The summed E-state index contributed by atoms with van der Waals surface area (Å²) in [5, 5.41) is 5.71. The van der Waals surface area contributed by atoms with Crippen LogP contribution < -0.4 is 5.32 Å². The van der Waals surface area contributed by atoms with Gasteiger partial charge in [-0.25, -0.2) is 0 Å². The standard InChI is InChI=1S/C32H49N2P/c1-20(2)27-14-12-15-28(21(3)4)32(27)33-29-16-13-17-30(29)35(22(5)6,23(7)8)34-31-25(10)18-24(9)19-26(31)11/h12,14-15,18-23,33H,13,16-17H2,1-11H3. The highest BCUT2D eigenvalue weighted by Gasteiger charge is 2.36. The van der Waals surface area contributed by atoms with Gasteiger partial charge in [-0.2, -0.15) is 0 Å². The highest BCUT2D eigenvalue weighted by molar-refractivity contribution is 7.72. The highest BCUT2D eigenvalue weighted by Crippen LogP contribution is 2.70. The molecule has 1 aliphatic carbocycles. The van der Waals surface area contributed by atoms with E-state index >= 15 is 0 Å². The second-order valence-electron chi connectivity index (χ2n) is 11.8. The van der Waals surface area contributed by atoms with E-state index in [1.807, 2.05) is 0 Å². The van der Waals surface area contributed by atoms with E-state index in [2.05, 4.69) is 112 Å². The zero-order valence-electron chi connectivity index (χ0n) is 24.2. The summed E-state index contributed by atoms with van der Waals surface area (Å²) in [5.74, 6) is 0.970. The number of hydrogen-bond acceptors (Lipinski definition) is 2. The fraction of sp³-hybridized carbons (Fsp3) is 0.562. The molecule has 1 aliphatic rings. The van der Waals surface area contributed by atoms with Gasteiger partial charge in [0.2, 0.25) is 0 Å². The van der Waals surface area contributed by atoms with Gasteiger partial charge in [0.25, 0.3) is 0 Å². The number of anilines is 1. The molecule has 3 rings (SSSR count). The molecule has 2 aromatic carbocycles. The molecule has 0 aliphatic heterocycles. The molecule has 0 saturated carbocycles. The Bertz CT molecular complexity index is 1090. The molecule has 0 unspecified atom stereocenters. The SMILES string of the molecule is Cc1cc(C)c(N=P(C2=C(Nc3c(C(C)C)cccc3C(C)C)CCC2)(C(C)C)C(C)C)c(C)c1. The van der Waals surface area contributed by atoms with Crippen LogP contribution in [0.4, 0.5) is 11.4 Å². The summed E-state index contributed by atoms with van der Waals surface area (Å²) in [6.45, 7) is 25.6. The van der Waals surface area contributed by atoms with E-state index in [9.17, 15) is 0 Å². The number of nitrogens with zero attached hydrogens (tertiary/aromatic N) is 1. The molecule has 0 atom stereocenters. The number of hydrogen-bond donors (Lipinski definition) is 1. The molecule has 192 valence electrons. The summed E-state index contributed by atoms with van der Waals surface area (Å²) in [7, 11) is -1.81. The Labute approximate surface area is 216 Å². The first-order valence-corrected chi connectivity index (χ1v) is 15.6. The minimum Gasteiger partial charge on any atom is -0.358 e. The quantitative estimate of drug-likeness (QED) is 0.364. The monoisotopic (exact) mass is 492 g/mol. The average Bonchev–Trinajstić information content (AvgIpc) is 3.21. The predicted molar refractivity (Wildman–Crippen MR) is 159 cm³/mol. The summed E-state index contributed by atoms with van der Waals surface area (Å²) in [5.41, 5.74) is 11.9. The van der Waals surface area contributed by atoms with Crippen molar-refractivity contribution in [3.63, 3.8) is 0 Å². The number of nitrogens with one attached hydrogen (secondary N) is 1. The van der Waals surface area contributed by atoms with Crippen LogP contribution in [-0.2, 0) is 0 Å². The van der Waals surface area contributed by atoms with Crippen LogP contribution in [0.15, 0.2) is 46.1 Å². The molecule has 35 heavy (non-hydrogen) atoms. The van der Waals surface area contributed by atoms with Crippen LogP contribution in [0.1, 0.15) is 114 Å². The molecule has 0 spiro atoms. The van der Waals surface area contributed by atoms with Crippen molar-refractivity contribution in [1.82, 2.24) is 0 Å². The van der Waals surface area contributed by atoms with Crippen molar-refractivity contribution in [2.24, 2.45) is 4.74 Å². The van der Waals surface area contributed by atoms with Gasteiger partial charge in [0, 0.05) is 18.4 Å². The number of allylic oxidation sites excluding steroid dienone is 2. The highest BCUT2D eigenvalue weighted by atomic mass is 31.2. The first kappa shape index (κ1) is 27.8. The van der Waals surface area contributed by atoms with E-state index < -0.39 is 7.05 Å². The molecule has 0 saturated heterocycles. The van der Waals surface area contributed by atoms with Gasteiger partial charge in [-0.3, -0.25) is 4.74 Å². The molecule has 0 fully saturated rings. The van der Waals surface area contributed by atoms with Crippen LogP contribution in [0.3, 0.4) is 0 Å². The number of benzene rings is 2. The third kappa shape index (κ3) is 5.48.